The molecule has 0 aromatic carbocycles. The molecule has 2 rings (SSSR count). The van der Waals surface area contributed by atoms with Crippen LogP contribution in [0.25, 0.3) is 0 Å². The maximum Gasteiger partial charge on any atom is 0.123 e. The Labute approximate surface area is 120 Å². The zero-order valence-electron chi connectivity index (χ0n) is 11.4. The molecule has 1 aliphatic rings. The number of rotatable bonds is 5. The Hall–Kier alpha value is -0.880. The standard InChI is InChI=1S/C13H23N5.ClH/c1-9-4-11(18-13(15)5-9)6-10-7-16-8-12(10)17-3-2-14;/h4-5,10,12,16-17H,2-3,6-8,14H2,1H3,(H2,15,18);1H/t10-,12+;/m0./s1. The first-order valence-corrected chi connectivity index (χ1v) is 6.56. The Morgan fingerprint density at radius 3 is 2.89 bits per heavy atom. The molecule has 6 heteroatoms. The summed E-state index contributed by atoms with van der Waals surface area (Å²) in [4.78, 5) is 4.41. The normalized spacial score (nSPS) is 22.2. The molecule has 1 fully saturated rings. The highest BCUT2D eigenvalue weighted by Crippen LogP contribution is 2.16. The van der Waals surface area contributed by atoms with Crippen LogP contribution in [0, 0.1) is 12.8 Å². The zero-order valence-corrected chi connectivity index (χ0v) is 12.2. The van der Waals surface area contributed by atoms with E-state index in [2.05, 4.69) is 28.6 Å². The Bertz CT molecular complexity index is 378. The van der Waals surface area contributed by atoms with Gasteiger partial charge in [0, 0.05) is 31.4 Å². The van der Waals surface area contributed by atoms with Crippen molar-refractivity contribution in [2.24, 2.45) is 11.7 Å². The molecule has 108 valence electrons. The summed E-state index contributed by atoms with van der Waals surface area (Å²) in [5, 5.41) is 6.90. The number of nitrogens with one attached hydrogen (secondary N) is 2. The van der Waals surface area contributed by atoms with Crippen LogP contribution in [0.15, 0.2) is 12.1 Å². The third kappa shape index (κ3) is 4.62. The average Bonchev–Trinajstić information content (AvgIpc) is 2.72. The van der Waals surface area contributed by atoms with Crippen LogP contribution in [0.5, 0.6) is 0 Å². The van der Waals surface area contributed by atoms with Gasteiger partial charge in [-0.05, 0) is 43.5 Å². The number of halogens is 1. The molecular formula is C13H24ClN5. The second-order valence-electron chi connectivity index (χ2n) is 5.03. The van der Waals surface area contributed by atoms with Gasteiger partial charge in [-0.2, -0.15) is 0 Å². The van der Waals surface area contributed by atoms with Crippen molar-refractivity contribution in [3.63, 3.8) is 0 Å². The van der Waals surface area contributed by atoms with Gasteiger partial charge in [0.15, 0.2) is 0 Å². The van der Waals surface area contributed by atoms with Gasteiger partial charge in [0.05, 0.1) is 0 Å². The van der Waals surface area contributed by atoms with E-state index in [4.69, 9.17) is 11.5 Å². The van der Waals surface area contributed by atoms with E-state index in [0.29, 0.717) is 24.3 Å². The summed E-state index contributed by atoms with van der Waals surface area (Å²) in [6, 6.07) is 4.51. The lowest BCUT2D eigenvalue weighted by Crippen LogP contribution is -2.39. The fourth-order valence-electron chi connectivity index (χ4n) is 2.60. The number of aryl methyl sites for hydroxylation is 1. The molecule has 0 saturated carbocycles. The molecular weight excluding hydrogens is 262 g/mol. The van der Waals surface area contributed by atoms with Crippen LogP contribution in [0.2, 0.25) is 0 Å². The van der Waals surface area contributed by atoms with Gasteiger partial charge in [-0.15, -0.1) is 12.4 Å². The topological polar surface area (TPSA) is 89.0 Å². The Kier molecular flexibility index (Phi) is 6.51. The van der Waals surface area contributed by atoms with Gasteiger partial charge in [0.25, 0.3) is 0 Å². The van der Waals surface area contributed by atoms with E-state index in [1.54, 1.807) is 0 Å². The molecule has 19 heavy (non-hydrogen) atoms. The van der Waals surface area contributed by atoms with Crippen molar-refractivity contribution < 1.29 is 0 Å². The van der Waals surface area contributed by atoms with Gasteiger partial charge >= 0.3 is 0 Å². The smallest absolute Gasteiger partial charge is 0.123 e. The van der Waals surface area contributed by atoms with Crippen LogP contribution in [0.1, 0.15) is 11.3 Å². The molecule has 0 bridgehead atoms. The summed E-state index contributed by atoms with van der Waals surface area (Å²) in [6.45, 7) is 5.63. The summed E-state index contributed by atoms with van der Waals surface area (Å²) >= 11 is 0. The number of anilines is 1. The van der Waals surface area contributed by atoms with Crippen molar-refractivity contribution in [3.8, 4) is 0 Å². The summed E-state index contributed by atoms with van der Waals surface area (Å²) < 4.78 is 0. The molecule has 2 heterocycles. The molecule has 2 atom stereocenters. The summed E-state index contributed by atoms with van der Waals surface area (Å²) in [5.41, 5.74) is 13.6. The highest BCUT2D eigenvalue weighted by atomic mass is 35.5. The molecule has 1 saturated heterocycles. The molecule has 1 aromatic rings. The number of hydrogen-bond donors (Lipinski definition) is 4. The summed E-state index contributed by atoms with van der Waals surface area (Å²) in [7, 11) is 0. The third-order valence-corrected chi connectivity index (χ3v) is 3.40. The molecule has 0 unspecified atom stereocenters. The van der Waals surface area contributed by atoms with E-state index in [1.165, 1.54) is 5.56 Å². The number of hydrogen-bond acceptors (Lipinski definition) is 5. The second kappa shape index (κ2) is 7.65. The maximum absolute atomic E-state index is 5.79. The van der Waals surface area contributed by atoms with E-state index in [-0.39, 0.29) is 12.4 Å². The van der Waals surface area contributed by atoms with Crippen molar-refractivity contribution in [1.29, 1.82) is 0 Å². The predicted octanol–water partition coefficient (Wildman–Crippen LogP) is 0.0728. The van der Waals surface area contributed by atoms with Crippen LogP contribution in [-0.4, -0.2) is 37.2 Å². The zero-order chi connectivity index (χ0) is 13.0. The monoisotopic (exact) mass is 285 g/mol. The Morgan fingerprint density at radius 1 is 1.42 bits per heavy atom. The van der Waals surface area contributed by atoms with Crippen LogP contribution >= 0.6 is 12.4 Å². The maximum atomic E-state index is 5.79. The van der Waals surface area contributed by atoms with E-state index in [9.17, 15) is 0 Å². The molecule has 6 N–H and O–H groups in total. The van der Waals surface area contributed by atoms with Crippen LogP contribution in [-0.2, 0) is 6.42 Å². The van der Waals surface area contributed by atoms with Crippen molar-refractivity contribution in [3.05, 3.63) is 23.4 Å². The van der Waals surface area contributed by atoms with Gasteiger partial charge in [-0.25, -0.2) is 4.98 Å². The minimum Gasteiger partial charge on any atom is -0.384 e. The highest BCUT2D eigenvalue weighted by Gasteiger charge is 2.26. The van der Waals surface area contributed by atoms with Crippen molar-refractivity contribution >= 4 is 18.2 Å². The molecule has 0 aliphatic carbocycles. The first kappa shape index (κ1) is 16.2. The van der Waals surface area contributed by atoms with Crippen molar-refractivity contribution in [1.82, 2.24) is 15.6 Å². The fraction of sp³-hybridized carbons (Fsp3) is 0.615. The summed E-state index contributed by atoms with van der Waals surface area (Å²) in [5.74, 6) is 1.17. The SMILES string of the molecule is Cc1cc(N)nc(C[C@H]2CNC[C@H]2NCCN)c1.Cl. The minimum absolute atomic E-state index is 0. The number of nitrogens with zero attached hydrogens (tertiary/aromatic N) is 1. The predicted molar refractivity (Wildman–Crippen MR) is 81.5 cm³/mol. The van der Waals surface area contributed by atoms with Crippen LogP contribution in [0.4, 0.5) is 5.82 Å². The third-order valence-electron chi connectivity index (χ3n) is 3.40. The molecule has 0 radical (unpaired) electrons. The average molecular weight is 286 g/mol. The lowest BCUT2D eigenvalue weighted by molar-refractivity contribution is 0.426. The number of pyridine rings is 1. The number of nitrogens with two attached hydrogens (primary N) is 2. The summed E-state index contributed by atoms with van der Waals surface area (Å²) in [6.07, 6.45) is 0.959. The minimum atomic E-state index is 0. The van der Waals surface area contributed by atoms with Crippen LogP contribution < -0.4 is 22.1 Å². The highest BCUT2D eigenvalue weighted by molar-refractivity contribution is 5.85. The Balaban J connectivity index is 0.00000180. The van der Waals surface area contributed by atoms with Gasteiger partial charge in [-0.3, -0.25) is 0 Å². The Morgan fingerprint density at radius 2 is 2.21 bits per heavy atom. The van der Waals surface area contributed by atoms with E-state index in [1.807, 2.05) is 6.07 Å². The largest absolute Gasteiger partial charge is 0.384 e. The van der Waals surface area contributed by atoms with Crippen molar-refractivity contribution in [2.45, 2.75) is 19.4 Å². The van der Waals surface area contributed by atoms with Gasteiger partial charge in [0.1, 0.15) is 5.82 Å². The van der Waals surface area contributed by atoms with Crippen molar-refractivity contribution in [2.75, 3.05) is 31.9 Å². The lowest BCUT2D eigenvalue weighted by atomic mass is 9.97. The first-order valence-electron chi connectivity index (χ1n) is 6.56. The molecule has 5 nitrogen and oxygen atoms in total. The van der Waals surface area contributed by atoms with Gasteiger partial charge in [0.2, 0.25) is 0 Å². The lowest BCUT2D eigenvalue weighted by Gasteiger charge is -2.19. The second-order valence-corrected chi connectivity index (χ2v) is 5.03. The fourth-order valence-corrected chi connectivity index (χ4v) is 2.60. The number of nitrogen functional groups attached to an aromatic ring is 1. The quantitative estimate of drug-likeness (QED) is 0.615. The van der Waals surface area contributed by atoms with Crippen LogP contribution in [0.3, 0.4) is 0 Å². The molecule has 0 spiro atoms. The molecule has 1 aromatic heterocycles. The van der Waals surface area contributed by atoms with E-state index < -0.39 is 0 Å². The van der Waals surface area contributed by atoms with Gasteiger partial charge < -0.3 is 22.1 Å². The van der Waals surface area contributed by atoms with E-state index >= 15 is 0 Å². The molecule has 1 aliphatic heterocycles. The number of aromatic nitrogens is 1. The van der Waals surface area contributed by atoms with Gasteiger partial charge in [-0.1, -0.05) is 0 Å². The first-order chi connectivity index (χ1) is 8.69. The van der Waals surface area contributed by atoms with E-state index in [0.717, 1.165) is 31.7 Å². The molecule has 0 amide bonds.